The van der Waals surface area contributed by atoms with Crippen LogP contribution in [0.1, 0.15) is 45.6 Å². The maximum atomic E-state index is 13.9. The average Bonchev–Trinajstić information content (AvgIpc) is 3.52. The number of carbonyl (C=O) groups is 2. The number of imide groups is 1. The number of nitrogens with one attached hydrogen (secondary N) is 1. The van der Waals surface area contributed by atoms with Crippen LogP contribution >= 0.6 is 0 Å². The second-order valence-electron chi connectivity index (χ2n) is 12.2. The Morgan fingerprint density at radius 3 is 2.44 bits per heavy atom. The molecule has 0 radical (unpaired) electrons. The van der Waals surface area contributed by atoms with Gasteiger partial charge in [0.15, 0.2) is 11.6 Å². The van der Waals surface area contributed by atoms with Crippen molar-refractivity contribution in [2.24, 2.45) is 23.7 Å². The lowest BCUT2D eigenvalue weighted by Crippen LogP contribution is -2.35. The van der Waals surface area contributed by atoms with E-state index in [0.717, 1.165) is 29.8 Å². The van der Waals surface area contributed by atoms with Gasteiger partial charge < -0.3 is 15.2 Å². The number of nitrogens with zero attached hydrogens (tertiary/aromatic N) is 1. The molecule has 2 heterocycles. The van der Waals surface area contributed by atoms with Crippen LogP contribution in [0.15, 0.2) is 89.5 Å². The van der Waals surface area contributed by atoms with E-state index in [-0.39, 0.29) is 41.4 Å². The second-order valence-corrected chi connectivity index (χ2v) is 12.2. The normalized spacial score (nSPS) is 23.7. The van der Waals surface area contributed by atoms with Crippen molar-refractivity contribution < 1.29 is 23.8 Å². The van der Waals surface area contributed by atoms with Crippen molar-refractivity contribution >= 4 is 35.0 Å². The lowest BCUT2D eigenvalue weighted by atomic mass is 9.67. The highest BCUT2D eigenvalue weighted by atomic mass is 19.1. The SMILES string of the molecule is C/C(=C\c1ccc(O)c(F)c1)CC[C@H]1OC[C@H]2C1=C(C(C)C)C[C@H]1C(=O)N(c3ccc(Nc4ccccc4)cc3)C(=O)[C@H]12. The number of aromatic hydroxyl groups is 1. The lowest BCUT2D eigenvalue weighted by Gasteiger charge is -2.33. The van der Waals surface area contributed by atoms with E-state index in [2.05, 4.69) is 19.2 Å². The van der Waals surface area contributed by atoms with Gasteiger partial charge in [0.2, 0.25) is 11.8 Å². The minimum Gasteiger partial charge on any atom is -0.505 e. The first kappa shape index (κ1) is 28.9. The fraction of sp³-hybridized carbons (Fsp3) is 0.333. The van der Waals surface area contributed by atoms with Gasteiger partial charge in [-0.25, -0.2) is 4.39 Å². The molecule has 0 aromatic heterocycles. The van der Waals surface area contributed by atoms with Crippen molar-refractivity contribution in [1.82, 2.24) is 0 Å². The molecule has 2 aliphatic heterocycles. The molecule has 3 aliphatic rings. The predicted molar refractivity (Wildman–Crippen MR) is 166 cm³/mol. The van der Waals surface area contributed by atoms with Gasteiger partial charge in [-0.3, -0.25) is 14.5 Å². The van der Waals surface area contributed by atoms with Gasteiger partial charge in [-0.2, -0.15) is 0 Å². The minimum absolute atomic E-state index is 0.114. The lowest BCUT2D eigenvalue weighted by molar-refractivity contribution is -0.122. The molecule has 0 spiro atoms. The number of hydrogen-bond donors (Lipinski definition) is 2. The summed E-state index contributed by atoms with van der Waals surface area (Å²) in [4.78, 5) is 29.1. The molecule has 222 valence electrons. The molecule has 1 aliphatic carbocycles. The Kier molecular flexibility index (Phi) is 7.93. The van der Waals surface area contributed by atoms with E-state index in [0.29, 0.717) is 24.3 Å². The number of ether oxygens (including phenoxy) is 1. The zero-order chi connectivity index (χ0) is 30.2. The molecule has 4 atom stereocenters. The molecule has 0 bridgehead atoms. The number of amides is 2. The summed E-state index contributed by atoms with van der Waals surface area (Å²) < 4.78 is 20.2. The maximum absolute atomic E-state index is 13.9. The molecule has 2 N–H and O–H groups in total. The van der Waals surface area contributed by atoms with Crippen LogP contribution in [-0.4, -0.2) is 29.6 Å². The largest absolute Gasteiger partial charge is 0.505 e. The van der Waals surface area contributed by atoms with Gasteiger partial charge in [-0.05, 0) is 91.8 Å². The number of fused-ring (bicyclic) bond motifs is 3. The number of benzene rings is 3. The molecular weight excluding hydrogens is 543 g/mol. The zero-order valence-corrected chi connectivity index (χ0v) is 24.7. The topological polar surface area (TPSA) is 78.9 Å². The molecule has 2 saturated heterocycles. The van der Waals surface area contributed by atoms with Gasteiger partial charge in [0, 0.05) is 17.3 Å². The van der Waals surface area contributed by atoms with Crippen LogP contribution in [0, 0.1) is 29.5 Å². The molecule has 7 heteroatoms. The second kappa shape index (κ2) is 11.8. The van der Waals surface area contributed by atoms with Crippen molar-refractivity contribution in [3.05, 3.63) is 101 Å². The number of hydrogen-bond acceptors (Lipinski definition) is 5. The number of para-hydroxylation sites is 1. The summed E-state index contributed by atoms with van der Waals surface area (Å²) in [5.74, 6) is -1.95. The van der Waals surface area contributed by atoms with E-state index in [1.165, 1.54) is 28.2 Å². The highest BCUT2D eigenvalue weighted by molar-refractivity contribution is 6.22. The number of phenolic OH excluding ortho intramolecular Hbond substituents is 1. The third kappa shape index (κ3) is 5.62. The van der Waals surface area contributed by atoms with Gasteiger partial charge in [-0.1, -0.05) is 55.3 Å². The number of carbonyl (C=O) groups excluding carboxylic acids is 2. The average molecular weight is 581 g/mol. The predicted octanol–water partition coefficient (Wildman–Crippen LogP) is 7.64. The molecule has 6 nitrogen and oxygen atoms in total. The van der Waals surface area contributed by atoms with Crippen molar-refractivity contribution in [3.63, 3.8) is 0 Å². The van der Waals surface area contributed by atoms with Crippen LogP contribution in [0.3, 0.4) is 0 Å². The Morgan fingerprint density at radius 2 is 1.74 bits per heavy atom. The monoisotopic (exact) mass is 580 g/mol. The smallest absolute Gasteiger partial charge is 0.238 e. The highest BCUT2D eigenvalue weighted by Crippen LogP contribution is 2.52. The zero-order valence-electron chi connectivity index (χ0n) is 24.7. The van der Waals surface area contributed by atoms with E-state index in [9.17, 15) is 19.1 Å². The maximum Gasteiger partial charge on any atom is 0.238 e. The first-order chi connectivity index (χ1) is 20.7. The Morgan fingerprint density at radius 1 is 1.02 bits per heavy atom. The van der Waals surface area contributed by atoms with Crippen LogP contribution in [0.25, 0.3) is 6.08 Å². The fourth-order valence-corrected chi connectivity index (χ4v) is 6.92. The molecule has 6 rings (SSSR count). The Labute approximate surface area is 251 Å². The van der Waals surface area contributed by atoms with Crippen LogP contribution in [-0.2, 0) is 14.3 Å². The standard InChI is InChI=1S/C36H37FN2O4/c1-21(2)27-19-28-34(29-20-43-32(33(27)29)16-9-22(3)17-23-10-15-31(40)30(37)18-23)36(42)39(35(28)41)26-13-11-25(12-14-26)38-24-7-5-4-6-8-24/h4-8,10-15,17-18,21,28-29,32,34,38,40H,9,16,19-20H2,1-3H3/b22-17+/t28-,29+,32-,34-/m1/s1. The Bertz CT molecular complexity index is 1600. The van der Waals surface area contributed by atoms with Crippen LogP contribution < -0.4 is 10.2 Å². The van der Waals surface area contributed by atoms with E-state index >= 15 is 0 Å². The van der Waals surface area contributed by atoms with E-state index in [4.69, 9.17) is 4.74 Å². The first-order valence-electron chi connectivity index (χ1n) is 15.0. The molecule has 0 saturated carbocycles. The Balaban J connectivity index is 1.19. The van der Waals surface area contributed by atoms with Crippen LogP contribution in [0.2, 0.25) is 0 Å². The summed E-state index contributed by atoms with van der Waals surface area (Å²) in [6.07, 6.45) is 3.85. The van der Waals surface area contributed by atoms with Crippen molar-refractivity contribution in [2.45, 2.75) is 46.1 Å². The summed E-state index contributed by atoms with van der Waals surface area (Å²) in [5.41, 5.74) is 6.64. The third-order valence-electron chi connectivity index (χ3n) is 9.01. The van der Waals surface area contributed by atoms with Crippen molar-refractivity contribution in [3.8, 4) is 5.75 Å². The highest BCUT2D eigenvalue weighted by Gasteiger charge is 2.57. The van der Waals surface area contributed by atoms with Gasteiger partial charge in [0.05, 0.1) is 30.2 Å². The minimum atomic E-state index is -0.642. The van der Waals surface area contributed by atoms with Crippen LogP contribution in [0.4, 0.5) is 21.5 Å². The van der Waals surface area contributed by atoms with Gasteiger partial charge in [-0.15, -0.1) is 0 Å². The van der Waals surface area contributed by atoms with Gasteiger partial charge in [0.25, 0.3) is 0 Å². The van der Waals surface area contributed by atoms with Crippen molar-refractivity contribution in [1.29, 1.82) is 0 Å². The van der Waals surface area contributed by atoms with E-state index in [1.807, 2.05) is 67.6 Å². The summed E-state index contributed by atoms with van der Waals surface area (Å²) >= 11 is 0. The molecule has 3 aromatic rings. The molecule has 3 aromatic carbocycles. The summed E-state index contributed by atoms with van der Waals surface area (Å²) in [5, 5.41) is 12.8. The molecule has 2 amide bonds. The molecule has 43 heavy (non-hydrogen) atoms. The van der Waals surface area contributed by atoms with Gasteiger partial charge in [0.1, 0.15) is 0 Å². The first-order valence-corrected chi connectivity index (χ1v) is 15.0. The number of rotatable bonds is 8. The molecule has 2 fully saturated rings. The number of allylic oxidation sites excluding steroid dienone is 2. The summed E-state index contributed by atoms with van der Waals surface area (Å²) in [6.45, 7) is 6.73. The van der Waals surface area contributed by atoms with E-state index < -0.39 is 11.7 Å². The summed E-state index contributed by atoms with van der Waals surface area (Å²) in [7, 11) is 0. The number of anilines is 3. The van der Waals surface area contributed by atoms with E-state index in [1.54, 1.807) is 6.07 Å². The van der Waals surface area contributed by atoms with Crippen molar-refractivity contribution in [2.75, 3.05) is 16.8 Å². The molecule has 0 unspecified atom stereocenters. The molecular formula is C36H37FN2O4. The summed E-state index contributed by atoms with van der Waals surface area (Å²) in [6, 6.07) is 21.7. The van der Waals surface area contributed by atoms with Gasteiger partial charge >= 0.3 is 0 Å². The quantitative estimate of drug-likeness (QED) is 0.212. The Hall–Kier alpha value is -4.23. The van der Waals surface area contributed by atoms with Crippen LogP contribution in [0.5, 0.6) is 5.75 Å². The number of halogens is 1. The number of phenols is 1. The third-order valence-corrected chi connectivity index (χ3v) is 9.01. The fourth-order valence-electron chi connectivity index (χ4n) is 6.92.